The third-order valence-corrected chi connectivity index (χ3v) is 3.18. The van der Waals surface area contributed by atoms with Crippen molar-refractivity contribution in [1.82, 2.24) is 0 Å². The van der Waals surface area contributed by atoms with Crippen LogP contribution in [0.2, 0.25) is 0 Å². The van der Waals surface area contributed by atoms with Gasteiger partial charge in [0.2, 0.25) is 5.76 Å². The molecule has 2 heterocycles. The molecule has 22 heavy (non-hydrogen) atoms. The number of furan rings is 1. The molecule has 0 aliphatic heterocycles. The topological polar surface area (TPSA) is 135 Å². The summed E-state index contributed by atoms with van der Waals surface area (Å²) >= 11 is 1.15. The van der Waals surface area contributed by atoms with Crippen molar-refractivity contribution < 1.29 is 23.7 Å². The van der Waals surface area contributed by atoms with Crippen LogP contribution in [0.1, 0.15) is 16.1 Å². The van der Waals surface area contributed by atoms with Crippen molar-refractivity contribution in [3.8, 4) is 6.07 Å². The number of thiophene rings is 1. The highest BCUT2D eigenvalue weighted by atomic mass is 32.1. The van der Waals surface area contributed by atoms with E-state index in [1.807, 2.05) is 6.07 Å². The number of amides is 1. The number of rotatable bonds is 5. The van der Waals surface area contributed by atoms with Crippen molar-refractivity contribution in [2.24, 2.45) is 0 Å². The number of anilines is 1. The van der Waals surface area contributed by atoms with E-state index in [0.717, 1.165) is 23.5 Å². The quantitative estimate of drug-likeness (QED) is 0.504. The molecule has 0 aliphatic rings. The van der Waals surface area contributed by atoms with E-state index in [9.17, 15) is 19.7 Å². The second kappa shape index (κ2) is 6.51. The third-order valence-electron chi connectivity index (χ3n) is 2.35. The molecule has 1 N–H and O–H groups in total. The van der Waals surface area contributed by atoms with Crippen molar-refractivity contribution in [2.75, 3.05) is 11.9 Å². The van der Waals surface area contributed by atoms with Gasteiger partial charge in [-0.15, -0.1) is 11.3 Å². The van der Waals surface area contributed by atoms with Crippen LogP contribution in [0.25, 0.3) is 0 Å². The number of carbonyl (C=O) groups is 2. The monoisotopic (exact) mass is 321 g/mol. The van der Waals surface area contributed by atoms with E-state index in [1.54, 1.807) is 5.38 Å². The van der Waals surface area contributed by atoms with Crippen LogP contribution in [0.5, 0.6) is 0 Å². The fourth-order valence-corrected chi connectivity index (χ4v) is 2.15. The SMILES string of the molecule is N#Cc1ccsc1NC(=O)COC(=O)c1ccc([N+](=O)[O-])o1. The molecule has 0 fully saturated rings. The molecule has 1 amide bonds. The summed E-state index contributed by atoms with van der Waals surface area (Å²) < 4.78 is 9.29. The molecule has 112 valence electrons. The Morgan fingerprint density at radius 3 is 2.86 bits per heavy atom. The minimum absolute atomic E-state index is 0.298. The normalized spacial score (nSPS) is 9.77. The van der Waals surface area contributed by atoms with Gasteiger partial charge in [0, 0.05) is 0 Å². The first-order chi connectivity index (χ1) is 10.5. The largest absolute Gasteiger partial charge is 0.450 e. The minimum Gasteiger partial charge on any atom is -0.450 e. The lowest BCUT2D eigenvalue weighted by Crippen LogP contribution is -2.20. The standard InChI is InChI=1S/C12H7N3O6S/c13-5-7-3-4-22-11(7)14-9(16)6-20-12(17)8-1-2-10(21-8)15(18)19/h1-4H,6H2,(H,14,16). The van der Waals surface area contributed by atoms with Gasteiger partial charge in [-0.1, -0.05) is 0 Å². The lowest BCUT2D eigenvalue weighted by atomic mass is 10.3. The number of nitrogens with zero attached hydrogens (tertiary/aromatic N) is 2. The van der Waals surface area contributed by atoms with E-state index in [4.69, 9.17) is 5.26 Å². The lowest BCUT2D eigenvalue weighted by Gasteiger charge is -2.03. The number of nitrogens with one attached hydrogen (secondary N) is 1. The first-order valence-electron chi connectivity index (χ1n) is 5.70. The molecule has 0 radical (unpaired) electrons. The van der Waals surface area contributed by atoms with Crippen LogP contribution < -0.4 is 5.32 Å². The van der Waals surface area contributed by atoms with E-state index in [1.165, 1.54) is 6.07 Å². The molecule has 9 nitrogen and oxygen atoms in total. The molecular formula is C12H7N3O6S. The predicted octanol–water partition coefficient (Wildman–Crippen LogP) is 1.92. The molecular weight excluding hydrogens is 314 g/mol. The zero-order valence-electron chi connectivity index (χ0n) is 10.8. The summed E-state index contributed by atoms with van der Waals surface area (Å²) in [5.74, 6) is -2.63. The Hall–Kier alpha value is -3.19. The van der Waals surface area contributed by atoms with E-state index in [2.05, 4.69) is 14.5 Å². The van der Waals surface area contributed by atoms with Gasteiger partial charge in [-0.05, 0) is 17.5 Å². The van der Waals surface area contributed by atoms with Crippen LogP contribution in [0.4, 0.5) is 10.9 Å². The fraction of sp³-hybridized carbons (Fsp3) is 0.0833. The van der Waals surface area contributed by atoms with Gasteiger partial charge in [-0.2, -0.15) is 5.26 Å². The number of nitro groups is 1. The van der Waals surface area contributed by atoms with Crippen LogP contribution in [-0.2, 0) is 9.53 Å². The summed E-state index contributed by atoms with van der Waals surface area (Å²) in [7, 11) is 0. The van der Waals surface area contributed by atoms with E-state index >= 15 is 0 Å². The molecule has 0 aromatic carbocycles. The Labute approximate surface area is 126 Å². The maximum atomic E-state index is 11.6. The molecule has 0 bridgehead atoms. The van der Waals surface area contributed by atoms with Crippen molar-refractivity contribution in [3.05, 3.63) is 45.0 Å². The van der Waals surface area contributed by atoms with Gasteiger partial charge in [0.1, 0.15) is 16.0 Å². The van der Waals surface area contributed by atoms with Gasteiger partial charge in [0.15, 0.2) is 6.61 Å². The van der Waals surface area contributed by atoms with Crippen LogP contribution in [-0.4, -0.2) is 23.4 Å². The summed E-state index contributed by atoms with van der Waals surface area (Å²) in [6, 6.07) is 5.51. The number of hydrogen-bond acceptors (Lipinski definition) is 8. The van der Waals surface area contributed by atoms with Crippen molar-refractivity contribution in [3.63, 3.8) is 0 Å². The zero-order valence-corrected chi connectivity index (χ0v) is 11.6. The number of ether oxygens (including phenoxy) is 1. The van der Waals surface area contributed by atoms with Crippen LogP contribution in [0.3, 0.4) is 0 Å². The zero-order chi connectivity index (χ0) is 16.1. The fourth-order valence-electron chi connectivity index (χ4n) is 1.39. The Bertz CT molecular complexity index is 772. The van der Waals surface area contributed by atoms with Crippen molar-refractivity contribution in [1.29, 1.82) is 5.26 Å². The summed E-state index contributed by atoms with van der Waals surface area (Å²) in [6.45, 7) is -0.615. The van der Waals surface area contributed by atoms with Crippen molar-refractivity contribution in [2.45, 2.75) is 0 Å². The lowest BCUT2D eigenvalue weighted by molar-refractivity contribution is -0.402. The molecule has 0 unspecified atom stereocenters. The van der Waals surface area contributed by atoms with E-state index in [0.29, 0.717) is 10.6 Å². The highest BCUT2D eigenvalue weighted by Gasteiger charge is 2.19. The highest BCUT2D eigenvalue weighted by Crippen LogP contribution is 2.22. The Balaban J connectivity index is 1.89. The average molecular weight is 321 g/mol. The van der Waals surface area contributed by atoms with E-state index in [-0.39, 0.29) is 5.76 Å². The summed E-state index contributed by atoms with van der Waals surface area (Å²) in [4.78, 5) is 32.7. The third kappa shape index (κ3) is 3.47. The summed E-state index contributed by atoms with van der Waals surface area (Å²) in [6.07, 6.45) is 0. The summed E-state index contributed by atoms with van der Waals surface area (Å²) in [5, 5.41) is 23.6. The first-order valence-corrected chi connectivity index (χ1v) is 6.58. The number of carbonyl (C=O) groups excluding carboxylic acids is 2. The number of hydrogen-bond donors (Lipinski definition) is 1. The summed E-state index contributed by atoms with van der Waals surface area (Å²) in [5.41, 5.74) is 0.298. The van der Waals surface area contributed by atoms with Crippen LogP contribution >= 0.6 is 11.3 Å². The smallest absolute Gasteiger partial charge is 0.433 e. The first kappa shape index (κ1) is 15.2. The van der Waals surface area contributed by atoms with Gasteiger partial charge in [-0.25, -0.2) is 4.79 Å². The second-order valence-corrected chi connectivity index (χ2v) is 4.71. The molecule has 2 aromatic heterocycles. The second-order valence-electron chi connectivity index (χ2n) is 3.79. The average Bonchev–Trinajstić information content (AvgIpc) is 3.13. The Morgan fingerprint density at radius 2 is 2.23 bits per heavy atom. The molecule has 0 saturated heterocycles. The van der Waals surface area contributed by atoms with Crippen LogP contribution in [0, 0.1) is 21.4 Å². The molecule has 10 heteroatoms. The van der Waals surface area contributed by atoms with Crippen LogP contribution in [0.15, 0.2) is 28.0 Å². The van der Waals surface area contributed by atoms with Gasteiger partial charge in [-0.3, -0.25) is 14.9 Å². The maximum absolute atomic E-state index is 11.6. The minimum atomic E-state index is -1.00. The van der Waals surface area contributed by atoms with Crippen molar-refractivity contribution >= 4 is 34.1 Å². The molecule has 0 saturated carbocycles. The molecule has 2 aromatic rings. The maximum Gasteiger partial charge on any atom is 0.433 e. The van der Waals surface area contributed by atoms with Gasteiger partial charge in [0.05, 0.1) is 11.6 Å². The highest BCUT2D eigenvalue weighted by molar-refractivity contribution is 7.14. The number of esters is 1. The predicted molar refractivity (Wildman–Crippen MR) is 73.3 cm³/mol. The Morgan fingerprint density at radius 1 is 1.45 bits per heavy atom. The number of nitriles is 1. The molecule has 2 rings (SSSR count). The van der Waals surface area contributed by atoms with Gasteiger partial charge in [0.25, 0.3) is 5.91 Å². The molecule has 0 atom stereocenters. The Kier molecular flexibility index (Phi) is 4.50. The molecule has 0 spiro atoms. The van der Waals surface area contributed by atoms with Gasteiger partial charge < -0.3 is 14.5 Å². The molecule has 0 aliphatic carbocycles. The van der Waals surface area contributed by atoms with Gasteiger partial charge >= 0.3 is 11.9 Å². The van der Waals surface area contributed by atoms with E-state index < -0.39 is 29.3 Å².